The molecule has 1 fully saturated rings. The molecule has 3 aromatic carbocycles. The van der Waals surface area contributed by atoms with E-state index in [2.05, 4.69) is 4.72 Å². The molecule has 1 aliphatic heterocycles. The summed E-state index contributed by atoms with van der Waals surface area (Å²) in [7, 11) is -4.09. The highest BCUT2D eigenvalue weighted by molar-refractivity contribution is 7.90. The maximum atomic E-state index is 13.4. The zero-order chi connectivity index (χ0) is 24.3. The molecule has 1 unspecified atom stereocenters. The first-order valence-electron chi connectivity index (χ1n) is 10.9. The fourth-order valence-electron chi connectivity index (χ4n) is 4.18. The molecule has 0 aromatic heterocycles. The summed E-state index contributed by atoms with van der Waals surface area (Å²) in [6.07, 6.45) is 0.545. The standard InChI is InChI=1S/C26H25ClN2O4S/c1-26(25(31)28-34(32,33)22-14-12-21(27)13-15-22)16-17-29(26)24(30)18-23(19-8-4-2-5-9-19)20-10-6-3-7-11-20/h2-15,23H,16-18H2,1H3,(H,28,31). The van der Waals surface area contributed by atoms with Crippen molar-refractivity contribution in [3.63, 3.8) is 0 Å². The van der Waals surface area contributed by atoms with Gasteiger partial charge in [0.05, 0.1) is 4.90 Å². The van der Waals surface area contributed by atoms with Crippen LogP contribution >= 0.6 is 11.6 Å². The summed E-state index contributed by atoms with van der Waals surface area (Å²) >= 11 is 5.83. The number of carbonyl (C=O) groups excluding carboxylic acids is 2. The summed E-state index contributed by atoms with van der Waals surface area (Å²) in [6.45, 7) is 1.99. The van der Waals surface area contributed by atoms with E-state index < -0.39 is 21.5 Å². The second-order valence-electron chi connectivity index (χ2n) is 8.54. The molecule has 1 N–H and O–H groups in total. The van der Waals surface area contributed by atoms with E-state index in [4.69, 9.17) is 11.6 Å². The molecule has 1 saturated heterocycles. The molecule has 6 nitrogen and oxygen atoms in total. The summed E-state index contributed by atoms with van der Waals surface area (Å²) < 4.78 is 27.5. The minimum absolute atomic E-state index is 0.0701. The summed E-state index contributed by atoms with van der Waals surface area (Å²) in [5.74, 6) is -1.11. The van der Waals surface area contributed by atoms with Crippen molar-refractivity contribution in [3.05, 3.63) is 101 Å². The molecule has 34 heavy (non-hydrogen) atoms. The van der Waals surface area contributed by atoms with Crippen LogP contribution in [0.1, 0.15) is 36.8 Å². The molecule has 0 bridgehead atoms. The number of hydrogen-bond acceptors (Lipinski definition) is 4. The van der Waals surface area contributed by atoms with Crippen LogP contribution in [0.3, 0.4) is 0 Å². The molecule has 3 aromatic rings. The molecule has 0 saturated carbocycles. The van der Waals surface area contributed by atoms with E-state index in [0.717, 1.165) is 11.1 Å². The van der Waals surface area contributed by atoms with Crippen LogP contribution in [0.5, 0.6) is 0 Å². The zero-order valence-electron chi connectivity index (χ0n) is 18.6. The van der Waals surface area contributed by atoms with Crippen LogP contribution in [-0.2, 0) is 19.6 Å². The number of amides is 2. The van der Waals surface area contributed by atoms with E-state index in [1.54, 1.807) is 6.92 Å². The number of nitrogens with one attached hydrogen (secondary N) is 1. The van der Waals surface area contributed by atoms with Gasteiger partial charge in [0.2, 0.25) is 5.91 Å². The number of likely N-dealkylation sites (tertiary alicyclic amines) is 1. The van der Waals surface area contributed by atoms with Gasteiger partial charge in [0.25, 0.3) is 15.9 Å². The van der Waals surface area contributed by atoms with Crippen molar-refractivity contribution >= 4 is 33.4 Å². The fraction of sp³-hybridized carbons (Fsp3) is 0.231. The van der Waals surface area contributed by atoms with Gasteiger partial charge in [-0.15, -0.1) is 0 Å². The number of benzene rings is 3. The van der Waals surface area contributed by atoms with Crippen LogP contribution in [0.15, 0.2) is 89.8 Å². The lowest BCUT2D eigenvalue weighted by Gasteiger charge is -2.49. The van der Waals surface area contributed by atoms with Crippen LogP contribution in [0.2, 0.25) is 5.02 Å². The molecule has 4 rings (SSSR count). The van der Waals surface area contributed by atoms with Crippen LogP contribution in [0.4, 0.5) is 0 Å². The van der Waals surface area contributed by atoms with E-state index in [1.807, 2.05) is 60.7 Å². The van der Waals surface area contributed by atoms with Gasteiger partial charge >= 0.3 is 0 Å². The van der Waals surface area contributed by atoms with Gasteiger partial charge < -0.3 is 4.90 Å². The largest absolute Gasteiger partial charge is 0.328 e. The molecule has 1 heterocycles. The minimum atomic E-state index is -4.09. The Balaban J connectivity index is 1.52. The van der Waals surface area contributed by atoms with E-state index in [0.29, 0.717) is 18.0 Å². The van der Waals surface area contributed by atoms with E-state index in [9.17, 15) is 18.0 Å². The van der Waals surface area contributed by atoms with Crippen molar-refractivity contribution in [2.24, 2.45) is 0 Å². The third kappa shape index (κ3) is 4.86. The smallest absolute Gasteiger partial charge is 0.264 e. The van der Waals surface area contributed by atoms with Crippen LogP contribution in [0.25, 0.3) is 0 Å². The minimum Gasteiger partial charge on any atom is -0.328 e. The molecular weight excluding hydrogens is 472 g/mol. The number of carbonyl (C=O) groups is 2. The summed E-state index contributed by atoms with van der Waals surface area (Å²) in [5.41, 5.74) is 0.757. The van der Waals surface area contributed by atoms with Crippen molar-refractivity contribution in [3.8, 4) is 0 Å². The van der Waals surface area contributed by atoms with Gasteiger partial charge in [-0.25, -0.2) is 13.1 Å². The number of rotatable bonds is 7. The van der Waals surface area contributed by atoms with E-state index in [-0.39, 0.29) is 23.1 Å². The van der Waals surface area contributed by atoms with E-state index >= 15 is 0 Å². The summed E-state index contributed by atoms with van der Waals surface area (Å²) in [6, 6.07) is 25.0. The normalized spacial score (nSPS) is 17.8. The third-order valence-electron chi connectivity index (χ3n) is 6.34. The molecule has 0 spiro atoms. The predicted octanol–water partition coefficient (Wildman–Crippen LogP) is 4.36. The van der Waals surface area contributed by atoms with Gasteiger partial charge in [0.15, 0.2) is 0 Å². The average Bonchev–Trinajstić information content (AvgIpc) is 2.82. The molecule has 1 atom stereocenters. The first-order valence-corrected chi connectivity index (χ1v) is 12.8. The SMILES string of the molecule is CC1(C(=O)NS(=O)(=O)c2ccc(Cl)cc2)CCN1C(=O)CC(c1ccccc1)c1ccccc1. The van der Waals surface area contributed by atoms with Gasteiger partial charge in [0.1, 0.15) is 5.54 Å². The maximum Gasteiger partial charge on any atom is 0.264 e. The Hall–Kier alpha value is -3.16. The van der Waals surface area contributed by atoms with E-state index in [1.165, 1.54) is 29.2 Å². The number of sulfonamides is 1. The zero-order valence-corrected chi connectivity index (χ0v) is 20.2. The topological polar surface area (TPSA) is 83.6 Å². The first kappa shape index (κ1) is 24.0. The monoisotopic (exact) mass is 496 g/mol. The number of halogens is 1. The van der Waals surface area contributed by atoms with Crippen molar-refractivity contribution in [2.75, 3.05) is 6.54 Å². The first-order chi connectivity index (χ1) is 16.2. The molecule has 0 radical (unpaired) electrons. The molecule has 2 amide bonds. The Labute approximate surface area is 204 Å². The van der Waals surface area contributed by atoms with Crippen molar-refractivity contribution < 1.29 is 18.0 Å². The highest BCUT2D eigenvalue weighted by atomic mass is 35.5. The fourth-order valence-corrected chi connectivity index (χ4v) is 5.39. The molecular formula is C26H25ClN2O4S. The van der Waals surface area contributed by atoms with Gasteiger partial charge in [-0.2, -0.15) is 0 Å². The average molecular weight is 497 g/mol. The lowest BCUT2D eigenvalue weighted by atomic mass is 9.83. The predicted molar refractivity (Wildman–Crippen MR) is 131 cm³/mol. The quantitative estimate of drug-likeness (QED) is 0.527. The Bertz CT molecular complexity index is 1240. The Morgan fingerprint density at radius 2 is 1.47 bits per heavy atom. The molecule has 1 aliphatic rings. The maximum absolute atomic E-state index is 13.4. The summed E-state index contributed by atoms with van der Waals surface area (Å²) in [4.78, 5) is 27.8. The highest BCUT2D eigenvalue weighted by Crippen LogP contribution is 2.35. The Morgan fingerprint density at radius 1 is 0.941 bits per heavy atom. The lowest BCUT2D eigenvalue weighted by Crippen LogP contribution is -2.67. The van der Waals surface area contributed by atoms with Gasteiger partial charge in [0, 0.05) is 23.9 Å². The lowest BCUT2D eigenvalue weighted by molar-refractivity contribution is -0.156. The van der Waals surface area contributed by atoms with Gasteiger partial charge in [-0.3, -0.25) is 9.59 Å². The van der Waals surface area contributed by atoms with Crippen molar-refractivity contribution in [1.82, 2.24) is 9.62 Å². The summed E-state index contributed by atoms with van der Waals surface area (Å²) in [5, 5.41) is 0.388. The number of hydrogen-bond donors (Lipinski definition) is 1. The van der Waals surface area contributed by atoms with Crippen molar-refractivity contribution in [2.45, 2.75) is 36.1 Å². The third-order valence-corrected chi connectivity index (χ3v) is 7.94. The van der Waals surface area contributed by atoms with Crippen LogP contribution in [-0.4, -0.2) is 37.2 Å². The highest BCUT2D eigenvalue weighted by Gasteiger charge is 2.50. The molecule has 176 valence electrons. The molecule has 0 aliphatic carbocycles. The second-order valence-corrected chi connectivity index (χ2v) is 10.7. The Morgan fingerprint density at radius 3 is 1.94 bits per heavy atom. The second kappa shape index (κ2) is 9.60. The number of nitrogens with zero attached hydrogens (tertiary/aromatic N) is 1. The van der Waals surface area contributed by atoms with Gasteiger partial charge in [-0.1, -0.05) is 72.3 Å². The van der Waals surface area contributed by atoms with Crippen molar-refractivity contribution in [1.29, 1.82) is 0 Å². The van der Waals surface area contributed by atoms with Gasteiger partial charge in [-0.05, 0) is 48.7 Å². The Kier molecular flexibility index (Phi) is 6.77. The van der Waals surface area contributed by atoms with Crippen LogP contribution < -0.4 is 4.72 Å². The molecule has 8 heteroatoms. The van der Waals surface area contributed by atoms with Crippen LogP contribution in [0, 0.1) is 0 Å².